The number of rotatable bonds is 3. The highest BCUT2D eigenvalue weighted by atomic mass is 32.1. The molecule has 0 aromatic carbocycles. The summed E-state index contributed by atoms with van der Waals surface area (Å²) in [6, 6.07) is 0. The van der Waals surface area contributed by atoms with Gasteiger partial charge in [-0.05, 0) is 25.1 Å². The van der Waals surface area contributed by atoms with Crippen LogP contribution in [-0.4, -0.2) is 65.2 Å². The van der Waals surface area contributed by atoms with Gasteiger partial charge in [-0.2, -0.15) is 10.2 Å². The van der Waals surface area contributed by atoms with Crippen molar-refractivity contribution in [2.45, 2.75) is 38.9 Å². The third-order valence-corrected chi connectivity index (χ3v) is 6.23. The minimum absolute atomic E-state index is 0.763. The molecule has 5 heterocycles. The molecule has 1 fully saturated rings. The van der Waals surface area contributed by atoms with Crippen LogP contribution in [0, 0.1) is 4.77 Å². The van der Waals surface area contributed by atoms with E-state index in [0.717, 1.165) is 73.3 Å². The lowest BCUT2D eigenvalue weighted by atomic mass is 10.2. The highest BCUT2D eigenvalue weighted by Crippen LogP contribution is 2.23. The zero-order chi connectivity index (χ0) is 19.1. The Morgan fingerprint density at radius 2 is 1.89 bits per heavy atom. The molecule has 1 saturated heterocycles. The van der Waals surface area contributed by atoms with Crippen LogP contribution in [0.5, 0.6) is 0 Å². The number of aromatic nitrogens is 7. The van der Waals surface area contributed by atoms with Crippen LogP contribution in [0.4, 0.5) is 5.82 Å². The van der Waals surface area contributed by atoms with Crippen molar-refractivity contribution >= 4 is 29.1 Å². The second-order valence-corrected chi connectivity index (χ2v) is 7.98. The Balaban J connectivity index is 1.28. The number of hydrogen-bond acceptors (Lipinski definition) is 7. The summed E-state index contributed by atoms with van der Waals surface area (Å²) in [5, 5.41) is 10.1. The van der Waals surface area contributed by atoms with Crippen molar-refractivity contribution < 1.29 is 0 Å². The van der Waals surface area contributed by atoms with Gasteiger partial charge in [0, 0.05) is 46.2 Å². The van der Waals surface area contributed by atoms with E-state index < -0.39 is 0 Å². The minimum Gasteiger partial charge on any atom is -0.353 e. The summed E-state index contributed by atoms with van der Waals surface area (Å²) in [5.41, 5.74) is 0.873. The summed E-state index contributed by atoms with van der Waals surface area (Å²) < 4.78 is 6.91. The molecule has 0 aliphatic carbocycles. The highest BCUT2D eigenvalue weighted by molar-refractivity contribution is 7.71. The molecule has 148 valence electrons. The second kappa shape index (κ2) is 7.25. The molecular formula is C18H25N9S. The number of hydrogen-bond donors (Lipinski definition) is 0. The van der Waals surface area contributed by atoms with Crippen LogP contribution in [0.3, 0.4) is 0 Å². The predicted molar refractivity (Wildman–Crippen MR) is 109 cm³/mol. The van der Waals surface area contributed by atoms with E-state index in [1.165, 1.54) is 19.3 Å². The molecule has 3 aromatic rings. The highest BCUT2D eigenvalue weighted by Gasteiger charge is 2.22. The van der Waals surface area contributed by atoms with Crippen LogP contribution in [0.15, 0.2) is 12.5 Å². The third kappa shape index (κ3) is 3.10. The van der Waals surface area contributed by atoms with Gasteiger partial charge in [-0.1, -0.05) is 6.42 Å². The molecule has 0 spiro atoms. The smallest absolute Gasteiger partial charge is 0.199 e. The van der Waals surface area contributed by atoms with Gasteiger partial charge in [0.1, 0.15) is 18.0 Å². The van der Waals surface area contributed by atoms with Gasteiger partial charge in [0.2, 0.25) is 0 Å². The molecule has 0 amide bonds. The summed E-state index contributed by atoms with van der Waals surface area (Å²) in [6.45, 7) is 5.52. The maximum Gasteiger partial charge on any atom is 0.199 e. The lowest BCUT2D eigenvalue weighted by molar-refractivity contribution is 0.193. The zero-order valence-corrected chi connectivity index (χ0v) is 17.0. The molecule has 9 nitrogen and oxygen atoms in total. The fourth-order valence-electron chi connectivity index (χ4n) is 4.21. The Labute approximate surface area is 168 Å². The summed E-state index contributed by atoms with van der Waals surface area (Å²) in [7, 11) is 1.91. The van der Waals surface area contributed by atoms with E-state index in [1.54, 1.807) is 11.0 Å². The summed E-state index contributed by atoms with van der Waals surface area (Å²) in [4.78, 5) is 13.6. The quantitative estimate of drug-likeness (QED) is 0.620. The molecule has 0 radical (unpaired) electrons. The predicted octanol–water partition coefficient (Wildman–Crippen LogP) is 1.60. The molecule has 28 heavy (non-hydrogen) atoms. The molecule has 10 heteroatoms. The SMILES string of the molecule is Cn1ncc2c(N3CCN(Cn4nc5n(c4=S)CCCCC5)CC3)ncnc21. The van der Waals surface area contributed by atoms with Crippen LogP contribution >= 0.6 is 12.2 Å². The van der Waals surface area contributed by atoms with Crippen LogP contribution in [-0.2, 0) is 26.7 Å². The van der Waals surface area contributed by atoms with E-state index in [0.29, 0.717) is 0 Å². The minimum atomic E-state index is 0.763. The number of nitrogens with zero attached hydrogens (tertiary/aromatic N) is 9. The summed E-state index contributed by atoms with van der Waals surface area (Å²) >= 11 is 5.70. The van der Waals surface area contributed by atoms with Crippen LogP contribution < -0.4 is 4.90 Å². The van der Waals surface area contributed by atoms with Crippen LogP contribution in [0.1, 0.15) is 25.1 Å². The first-order chi connectivity index (χ1) is 13.7. The summed E-state index contributed by atoms with van der Waals surface area (Å²) in [5.74, 6) is 2.13. The third-order valence-electron chi connectivity index (χ3n) is 5.80. The van der Waals surface area contributed by atoms with Gasteiger partial charge in [0.15, 0.2) is 10.4 Å². The monoisotopic (exact) mass is 399 g/mol. The van der Waals surface area contributed by atoms with E-state index in [1.807, 2.05) is 17.9 Å². The van der Waals surface area contributed by atoms with Crippen molar-refractivity contribution in [2.75, 3.05) is 31.1 Å². The van der Waals surface area contributed by atoms with Crippen molar-refractivity contribution in [2.24, 2.45) is 7.05 Å². The van der Waals surface area contributed by atoms with Crippen molar-refractivity contribution in [3.8, 4) is 0 Å². The number of piperazine rings is 1. The average Bonchev–Trinajstić information content (AvgIpc) is 3.12. The standard InChI is InChI=1S/C18H25N9S/c1-23-16-14(11-21-23)17(20-12-19-16)25-9-7-24(8-10-25)13-27-18(28)26-6-4-2-3-5-15(26)22-27/h11-12H,2-10,13H2,1H3. The maximum absolute atomic E-state index is 5.70. The molecule has 0 unspecified atom stereocenters. The van der Waals surface area contributed by atoms with Crippen LogP contribution in [0.25, 0.3) is 11.0 Å². The molecule has 2 aliphatic heterocycles. The fourth-order valence-corrected chi connectivity index (χ4v) is 4.50. The van der Waals surface area contributed by atoms with E-state index in [9.17, 15) is 0 Å². The molecular weight excluding hydrogens is 374 g/mol. The molecule has 2 aliphatic rings. The van der Waals surface area contributed by atoms with Gasteiger partial charge < -0.3 is 9.47 Å². The molecule has 0 N–H and O–H groups in total. The van der Waals surface area contributed by atoms with E-state index in [2.05, 4.69) is 29.4 Å². The van der Waals surface area contributed by atoms with Gasteiger partial charge in [-0.25, -0.2) is 14.6 Å². The molecule has 3 aromatic heterocycles. The van der Waals surface area contributed by atoms with Gasteiger partial charge in [0.25, 0.3) is 0 Å². The Morgan fingerprint density at radius 1 is 1.04 bits per heavy atom. The Morgan fingerprint density at radius 3 is 2.75 bits per heavy atom. The molecule has 5 rings (SSSR count). The number of aryl methyl sites for hydroxylation is 2. The topological polar surface area (TPSA) is 72.8 Å². The normalized spacial score (nSPS) is 18.4. The maximum atomic E-state index is 5.70. The fraction of sp³-hybridized carbons (Fsp3) is 0.611. The molecule has 0 atom stereocenters. The largest absolute Gasteiger partial charge is 0.353 e. The van der Waals surface area contributed by atoms with Crippen molar-refractivity contribution in [3.63, 3.8) is 0 Å². The van der Waals surface area contributed by atoms with Gasteiger partial charge >= 0.3 is 0 Å². The Bertz CT molecular complexity index is 1040. The second-order valence-electron chi connectivity index (χ2n) is 7.61. The first kappa shape index (κ1) is 17.7. The Kier molecular flexibility index (Phi) is 4.59. The lowest BCUT2D eigenvalue weighted by Crippen LogP contribution is -2.47. The molecule has 0 bridgehead atoms. The van der Waals surface area contributed by atoms with Gasteiger partial charge in [-0.15, -0.1) is 0 Å². The first-order valence-corrected chi connectivity index (χ1v) is 10.4. The summed E-state index contributed by atoms with van der Waals surface area (Å²) in [6.07, 6.45) is 8.21. The van der Waals surface area contributed by atoms with E-state index in [4.69, 9.17) is 17.3 Å². The van der Waals surface area contributed by atoms with Crippen LogP contribution in [0.2, 0.25) is 0 Å². The zero-order valence-electron chi connectivity index (χ0n) is 16.2. The number of anilines is 1. The average molecular weight is 400 g/mol. The lowest BCUT2D eigenvalue weighted by Gasteiger charge is -2.35. The van der Waals surface area contributed by atoms with E-state index >= 15 is 0 Å². The van der Waals surface area contributed by atoms with Crippen molar-refractivity contribution in [1.82, 2.24) is 39.0 Å². The van der Waals surface area contributed by atoms with Crippen molar-refractivity contribution in [1.29, 1.82) is 0 Å². The molecule has 0 saturated carbocycles. The Hall–Kier alpha value is -2.33. The van der Waals surface area contributed by atoms with Crippen molar-refractivity contribution in [3.05, 3.63) is 23.1 Å². The van der Waals surface area contributed by atoms with E-state index in [-0.39, 0.29) is 0 Å². The van der Waals surface area contributed by atoms with Gasteiger partial charge in [0.05, 0.1) is 18.3 Å². The first-order valence-electron chi connectivity index (χ1n) is 9.97. The number of fused-ring (bicyclic) bond motifs is 2. The van der Waals surface area contributed by atoms with Gasteiger partial charge in [-0.3, -0.25) is 9.58 Å².